The minimum Gasteiger partial charge on any atom is -0.399 e. The van der Waals surface area contributed by atoms with Crippen LogP contribution in [-0.2, 0) is 18.6 Å². The zero-order valence-electron chi connectivity index (χ0n) is 22.1. The first kappa shape index (κ1) is 28.1. The van der Waals surface area contributed by atoms with Crippen molar-refractivity contribution in [1.82, 2.24) is 24.9 Å². The summed E-state index contributed by atoms with van der Waals surface area (Å²) in [7, 11) is 3.98. The zero-order chi connectivity index (χ0) is 26.0. The number of aryl methyl sites for hydroxylation is 1. The topological polar surface area (TPSA) is 109 Å². The van der Waals surface area contributed by atoms with Gasteiger partial charge in [0.25, 0.3) is 5.91 Å². The number of fused-ring (bicyclic) bond motifs is 1. The van der Waals surface area contributed by atoms with Gasteiger partial charge in [0, 0.05) is 29.9 Å². The number of hydrogen-bond donors (Lipinski definition) is 3. The molecule has 1 aliphatic rings. The maximum Gasteiger partial charge on any atom is 0.319 e. The molecular formula is C27H37N7O2S. The summed E-state index contributed by atoms with van der Waals surface area (Å²) in [4.78, 5) is 30.4. The van der Waals surface area contributed by atoms with Crippen LogP contribution in [0, 0.1) is 0 Å². The molecule has 3 aromatic rings. The first-order chi connectivity index (χ1) is 17.1. The molecular weight excluding hydrogens is 486 g/mol. The van der Waals surface area contributed by atoms with E-state index in [9.17, 15) is 9.59 Å². The number of nitrogens with zero attached hydrogens (tertiary/aromatic N) is 4. The molecule has 0 saturated heterocycles. The Hall–Kier alpha value is -3.50. The highest BCUT2D eigenvalue weighted by Gasteiger charge is 2.45. The average Bonchev–Trinajstić information content (AvgIpc) is 3.34. The number of nitrogen functional groups attached to an aromatic ring is 1. The van der Waals surface area contributed by atoms with Gasteiger partial charge in [-0.15, -0.1) is 0 Å². The van der Waals surface area contributed by atoms with Crippen molar-refractivity contribution in [2.75, 3.05) is 31.7 Å². The van der Waals surface area contributed by atoms with Gasteiger partial charge >= 0.3 is 6.03 Å². The Kier molecular flexibility index (Phi) is 8.55. The van der Waals surface area contributed by atoms with E-state index in [0.717, 1.165) is 16.8 Å². The van der Waals surface area contributed by atoms with E-state index >= 15 is 0 Å². The lowest BCUT2D eigenvalue weighted by Gasteiger charge is -2.35. The summed E-state index contributed by atoms with van der Waals surface area (Å²) in [6, 6.07) is 16.4. The molecule has 0 radical (unpaired) electrons. The summed E-state index contributed by atoms with van der Waals surface area (Å²) in [5.74, 6) is 0.208. The molecule has 0 bridgehead atoms. The minimum atomic E-state index is -0.619. The number of likely N-dealkylation sites (N-methyl/N-ethyl adjacent to an activating group) is 1. The predicted molar refractivity (Wildman–Crippen MR) is 152 cm³/mol. The van der Waals surface area contributed by atoms with Crippen LogP contribution in [0.15, 0.2) is 54.6 Å². The number of urea groups is 1. The minimum absolute atomic E-state index is 0. The third-order valence-electron chi connectivity index (χ3n) is 6.62. The van der Waals surface area contributed by atoms with E-state index in [1.165, 1.54) is 0 Å². The van der Waals surface area contributed by atoms with Crippen LogP contribution >= 0.6 is 13.5 Å². The molecule has 0 spiro atoms. The fraction of sp³-hybridized carbons (Fsp3) is 0.370. The number of aromatic nitrogens is 2. The van der Waals surface area contributed by atoms with Crippen LogP contribution in [0.2, 0.25) is 0 Å². The second-order valence-electron chi connectivity index (χ2n) is 9.89. The van der Waals surface area contributed by atoms with E-state index in [-0.39, 0.29) is 31.5 Å². The number of carbonyl (C=O) groups is 2. The lowest BCUT2D eigenvalue weighted by molar-refractivity contribution is 0.102. The second kappa shape index (κ2) is 11.3. The summed E-state index contributed by atoms with van der Waals surface area (Å²) in [5.41, 5.74) is 9.04. The van der Waals surface area contributed by atoms with Gasteiger partial charge in [-0.3, -0.25) is 9.48 Å². The number of anilines is 2. The molecule has 1 aromatic heterocycles. The Balaban J connectivity index is 0.00000380. The van der Waals surface area contributed by atoms with Crippen LogP contribution in [-0.4, -0.2) is 52.2 Å². The van der Waals surface area contributed by atoms with E-state index in [4.69, 9.17) is 5.73 Å². The largest absolute Gasteiger partial charge is 0.399 e. The zero-order valence-corrected chi connectivity index (χ0v) is 23.1. The molecule has 3 amide bonds. The van der Waals surface area contributed by atoms with E-state index in [1.54, 1.807) is 24.3 Å². The highest BCUT2D eigenvalue weighted by molar-refractivity contribution is 7.59. The molecule has 2 heterocycles. The quantitative estimate of drug-likeness (QED) is 0.407. The van der Waals surface area contributed by atoms with Gasteiger partial charge in [-0.2, -0.15) is 18.6 Å². The lowest BCUT2D eigenvalue weighted by atomic mass is 10.00. The molecule has 9 nitrogen and oxygen atoms in total. The molecule has 198 valence electrons. The van der Waals surface area contributed by atoms with Gasteiger partial charge in [-0.05, 0) is 64.7 Å². The summed E-state index contributed by atoms with van der Waals surface area (Å²) < 4.78 is 1.87. The smallest absolute Gasteiger partial charge is 0.319 e. The monoisotopic (exact) mass is 523 g/mol. The van der Waals surface area contributed by atoms with Crippen molar-refractivity contribution < 1.29 is 9.59 Å². The third-order valence-corrected chi connectivity index (χ3v) is 6.62. The Bertz CT molecular complexity index is 1240. The normalized spacial score (nSPS) is 14.6. The molecule has 10 heteroatoms. The van der Waals surface area contributed by atoms with Crippen LogP contribution in [0.4, 0.5) is 16.3 Å². The Morgan fingerprint density at radius 3 is 2.35 bits per heavy atom. The van der Waals surface area contributed by atoms with Gasteiger partial charge in [-0.1, -0.05) is 30.3 Å². The van der Waals surface area contributed by atoms with Gasteiger partial charge in [0.05, 0.1) is 23.8 Å². The van der Waals surface area contributed by atoms with Gasteiger partial charge in [0.2, 0.25) is 0 Å². The molecule has 1 atom stereocenters. The average molecular weight is 524 g/mol. The van der Waals surface area contributed by atoms with Gasteiger partial charge in [0.15, 0.2) is 5.82 Å². The van der Waals surface area contributed by atoms with Crippen molar-refractivity contribution in [3.63, 3.8) is 0 Å². The number of carbonyl (C=O) groups excluding carboxylic acids is 2. The summed E-state index contributed by atoms with van der Waals surface area (Å²) >= 11 is 0. The fourth-order valence-corrected chi connectivity index (χ4v) is 4.80. The number of rotatable bonds is 7. The summed E-state index contributed by atoms with van der Waals surface area (Å²) in [5, 5.41) is 10.8. The van der Waals surface area contributed by atoms with Crippen LogP contribution < -0.4 is 16.4 Å². The van der Waals surface area contributed by atoms with Crippen molar-refractivity contribution >= 4 is 36.9 Å². The SMILES string of the molecule is CCn1nc(NC(=O)c2ccc(N)cc2)c2c1C(C)(C)N(C(=O)N[C@H](CN(C)C)c1ccccc1)C2.S. The summed E-state index contributed by atoms with van der Waals surface area (Å²) in [6.45, 7) is 7.66. The van der Waals surface area contributed by atoms with Crippen LogP contribution in [0.25, 0.3) is 0 Å². The fourth-order valence-electron chi connectivity index (χ4n) is 4.80. The third kappa shape index (κ3) is 5.75. The van der Waals surface area contributed by atoms with Crippen LogP contribution in [0.1, 0.15) is 54.0 Å². The van der Waals surface area contributed by atoms with E-state index in [2.05, 4.69) is 20.6 Å². The van der Waals surface area contributed by atoms with E-state index in [0.29, 0.717) is 36.7 Å². The van der Waals surface area contributed by atoms with Gasteiger partial charge in [0.1, 0.15) is 0 Å². The molecule has 0 unspecified atom stereocenters. The number of benzene rings is 2. The number of amides is 3. The standard InChI is InChI=1S/C27H35N7O2.H2S/c1-6-34-23-21(24(31-34)30-25(35)19-12-14-20(28)15-13-19)16-33(27(23,2)3)26(36)29-22(17-32(4)5)18-10-8-7-9-11-18;/h7-15,22H,6,16-17,28H2,1-5H3,(H,29,36)(H,30,31,35);1H2/t22-;/m1./s1. The Morgan fingerprint density at radius 2 is 1.76 bits per heavy atom. The van der Waals surface area contributed by atoms with Crippen molar-refractivity contribution in [3.05, 3.63) is 77.0 Å². The number of hydrogen-bond acceptors (Lipinski definition) is 5. The molecule has 4 N–H and O–H groups in total. The first-order valence-electron chi connectivity index (χ1n) is 12.2. The number of nitrogens with one attached hydrogen (secondary N) is 2. The second-order valence-corrected chi connectivity index (χ2v) is 9.89. The molecule has 2 aromatic carbocycles. The van der Waals surface area contributed by atoms with Crippen molar-refractivity contribution in [3.8, 4) is 0 Å². The van der Waals surface area contributed by atoms with Gasteiger partial charge < -0.3 is 26.2 Å². The van der Waals surface area contributed by atoms with Crippen molar-refractivity contribution in [2.24, 2.45) is 0 Å². The first-order valence-corrected chi connectivity index (χ1v) is 12.2. The molecule has 0 aliphatic carbocycles. The van der Waals surface area contributed by atoms with Crippen LogP contribution in [0.3, 0.4) is 0 Å². The van der Waals surface area contributed by atoms with Crippen LogP contribution in [0.5, 0.6) is 0 Å². The maximum atomic E-state index is 13.6. The van der Waals surface area contributed by atoms with E-state index < -0.39 is 5.54 Å². The number of nitrogens with two attached hydrogens (primary N) is 1. The molecule has 1 aliphatic heterocycles. The van der Waals surface area contributed by atoms with Crippen molar-refractivity contribution in [1.29, 1.82) is 0 Å². The summed E-state index contributed by atoms with van der Waals surface area (Å²) in [6.07, 6.45) is 0. The Labute approximate surface area is 225 Å². The molecule has 0 saturated carbocycles. The highest BCUT2D eigenvalue weighted by atomic mass is 32.1. The molecule has 37 heavy (non-hydrogen) atoms. The highest BCUT2D eigenvalue weighted by Crippen LogP contribution is 2.42. The maximum absolute atomic E-state index is 13.6. The molecule has 0 fully saturated rings. The van der Waals surface area contributed by atoms with Crippen molar-refractivity contribution in [2.45, 2.75) is 45.4 Å². The van der Waals surface area contributed by atoms with E-state index in [1.807, 2.05) is 74.8 Å². The lowest BCUT2D eigenvalue weighted by Crippen LogP contribution is -2.49. The Morgan fingerprint density at radius 1 is 1.11 bits per heavy atom. The molecule has 4 rings (SSSR count). The van der Waals surface area contributed by atoms with Gasteiger partial charge in [-0.25, -0.2) is 4.79 Å². The predicted octanol–water partition coefficient (Wildman–Crippen LogP) is 3.91.